The summed E-state index contributed by atoms with van der Waals surface area (Å²) in [7, 11) is 1.59. The highest BCUT2D eigenvalue weighted by Crippen LogP contribution is 2.25. The minimum absolute atomic E-state index is 0.399. The average Bonchev–Trinajstić information content (AvgIpc) is 2.41. The second kappa shape index (κ2) is 5.69. The molecule has 0 aliphatic carbocycles. The summed E-state index contributed by atoms with van der Waals surface area (Å²) in [6.45, 7) is 2.37. The van der Waals surface area contributed by atoms with Gasteiger partial charge in [-0.15, -0.1) is 0 Å². The molecule has 2 rings (SSSR count). The topological polar surface area (TPSA) is 21.3 Å². The summed E-state index contributed by atoms with van der Waals surface area (Å²) in [5.74, 6) is -0.950. The molecule has 0 amide bonds. The van der Waals surface area contributed by atoms with E-state index in [9.17, 15) is 8.78 Å². The van der Waals surface area contributed by atoms with Gasteiger partial charge >= 0.3 is 0 Å². The van der Waals surface area contributed by atoms with E-state index < -0.39 is 11.6 Å². The Hall–Kier alpha value is -2.10. The quantitative estimate of drug-likeness (QED) is 0.903. The van der Waals surface area contributed by atoms with Crippen LogP contribution < -0.4 is 10.1 Å². The molecule has 1 N–H and O–H groups in total. The molecule has 4 heteroatoms. The van der Waals surface area contributed by atoms with Crippen LogP contribution >= 0.6 is 0 Å². The van der Waals surface area contributed by atoms with Crippen molar-refractivity contribution in [1.82, 2.24) is 0 Å². The van der Waals surface area contributed by atoms with E-state index in [1.807, 2.05) is 25.1 Å². The van der Waals surface area contributed by atoms with E-state index in [0.29, 0.717) is 12.1 Å². The number of hydrogen-bond acceptors (Lipinski definition) is 2. The van der Waals surface area contributed by atoms with Crippen LogP contribution in [0.4, 0.5) is 14.5 Å². The number of halogens is 2. The molecule has 0 aliphatic heterocycles. The van der Waals surface area contributed by atoms with Gasteiger partial charge in [0.25, 0.3) is 0 Å². The lowest BCUT2D eigenvalue weighted by Gasteiger charge is -2.12. The van der Waals surface area contributed by atoms with Crippen molar-refractivity contribution < 1.29 is 13.5 Å². The van der Waals surface area contributed by atoms with Gasteiger partial charge in [-0.05, 0) is 42.3 Å². The molecule has 0 atom stereocenters. The van der Waals surface area contributed by atoms with Gasteiger partial charge in [0, 0.05) is 6.54 Å². The molecule has 2 aromatic carbocycles. The molecular formula is C15H15F2NO. The van der Waals surface area contributed by atoms with E-state index in [1.165, 1.54) is 6.07 Å². The molecule has 0 radical (unpaired) electrons. The predicted molar refractivity (Wildman–Crippen MR) is 71.4 cm³/mol. The van der Waals surface area contributed by atoms with Crippen LogP contribution in [0.25, 0.3) is 0 Å². The van der Waals surface area contributed by atoms with Crippen LogP contribution in [-0.2, 0) is 6.54 Å². The Bertz CT molecular complexity index is 584. The minimum atomic E-state index is -0.838. The first-order chi connectivity index (χ1) is 9.10. The number of methoxy groups -OCH3 is 1. The van der Waals surface area contributed by atoms with Gasteiger partial charge in [-0.25, -0.2) is 8.78 Å². The Balaban J connectivity index is 2.12. The molecule has 0 unspecified atom stereocenters. The SMILES string of the molecule is COc1cc(C)ccc1NCc1ccc(F)c(F)c1. The smallest absolute Gasteiger partial charge is 0.159 e. The largest absolute Gasteiger partial charge is 0.495 e. The number of ether oxygens (including phenoxy) is 1. The molecular weight excluding hydrogens is 248 g/mol. The third kappa shape index (κ3) is 3.22. The summed E-state index contributed by atoms with van der Waals surface area (Å²) < 4.78 is 31.1. The Morgan fingerprint density at radius 2 is 1.84 bits per heavy atom. The van der Waals surface area contributed by atoms with Crippen molar-refractivity contribution in [2.24, 2.45) is 0 Å². The van der Waals surface area contributed by atoms with Crippen LogP contribution in [0, 0.1) is 18.6 Å². The number of rotatable bonds is 4. The van der Waals surface area contributed by atoms with Gasteiger partial charge in [0.1, 0.15) is 5.75 Å². The zero-order valence-electron chi connectivity index (χ0n) is 10.8. The van der Waals surface area contributed by atoms with Gasteiger partial charge in [0.2, 0.25) is 0 Å². The van der Waals surface area contributed by atoms with E-state index in [0.717, 1.165) is 23.1 Å². The zero-order valence-corrected chi connectivity index (χ0v) is 10.8. The summed E-state index contributed by atoms with van der Waals surface area (Å²) in [4.78, 5) is 0. The van der Waals surface area contributed by atoms with Gasteiger partial charge < -0.3 is 10.1 Å². The first-order valence-electron chi connectivity index (χ1n) is 5.92. The van der Waals surface area contributed by atoms with Crippen LogP contribution in [0.2, 0.25) is 0 Å². The van der Waals surface area contributed by atoms with Crippen molar-refractivity contribution >= 4 is 5.69 Å². The van der Waals surface area contributed by atoms with Crippen molar-refractivity contribution in [3.05, 3.63) is 59.2 Å². The van der Waals surface area contributed by atoms with Crippen LogP contribution in [0.15, 0.2) is 36.4 Å². The maximum absolute atomic E-state index is 13.1. The summed E-state index contributed by atoms with van der Waals surface area (Å²) in [5, 5.41) is 3.14. The fourth-order valence-electron chi connectivity index (χ4n) is 1.79. The first-order valence-corrected chi connectivity index (χ1v) is 5.92. The molecule has 0 aromatic heterocycles. The summed E-state index contributed by atoms with van der Waals surface area (Å²) >= 11 is 0. The Morgan fingerprint density at radius 1 is 1.05 bits per heavy atom. The molecule has 0 bridgehead atoms. The van der Waals surface area contributed by atoms with Crippen molar-refractivity contribution in [3.63, 3.8) is 0 Å². The third-order valence-corrected chi connectivity index (χ3v) is 2.82. The molecule has 100 valence electrons. The molecule has 0 saturated carbocycles. The Morgan fingerprint density at radius 3 is 2.53 bits per heavy atom. The average molecular weight is 263 g/mol. The Labute approximate surface area is 111 Å². The fraction of sp³-hybridized carbons (Fsp3) is 0.200. The summed E-state index contributed by atoms with van der Waals surface area (Å²) in [6, 6.07) is 9.62. The van der Waals surface area contributed by atoms with Gasteiger partial charge in [-0.2, -0.15) is 0 Å². The highest BCUT2D eigenvalue weighted by Gasteiger charge is 2.05. The van der Waals surface area contributed by atoms with Crippen molar-refractivity contribution in [1.29, 1.82) is 0 Å². The maximum Gasteiger partial charge on any atom is 0.159 e. The second-order valence-electron chi connectivity index (χ2n) is 4.31. The molecule has 2 nitrogen and oxygen atoms in total. The van der Waals surface area contributed by atoms with Crippen LogP contribution in [0.1, 0.15) is 11.1 Å². The second-order valence-corrected chi connectivity index (χ2v) is 4.31. The lowest BCUT2D eigenvalue weighted by Crippen LogP contribution is -2.02. The molecule has 0 fully saturated rings. The summed E-state index contributed by atoms with van der Waals surface area (Å²) in [6.07, 6.45) is 0. The van der Waals surface area contributed by atoms with E-state index in [-0.39, 0.29) is 0 Å². The van der Waals surface area contributed by atoms with E-state index in [2.05, 4.69) is 5.32 Å². The normalized spacial score (nSPS) is 10.3. The van der Waals surface area contributed by atoms with E-state index in [1.54, 1.807) is 13.2 Å². The van der Waals surface area contributed by atoms with Gasteiger partial charge in [0.15, 0.2) is 11.6 Å². The third-order valence-electron chi connectivity index (χ3n) is 2.82. The molecule has 0 aliphatic rings. The molecule has 19 heavy (non-hydrogen) atoms. The number of benzene rings is 2. The van der Waals surface area contributed by atoms with Crippen LogP contribution in [0.3, 0.4) is 0 Å². The number of aryl methyl sites for hydroxylation is 1. The molecule has 0 heterocycles. The van der Waals surface area contributed by atoms with Crippen molar-refractivity contribution in [3.8, 4) is 5.75 Å². The van der Waals surface area contributed by atoms with Gasteiger partial charge in [0.05, 0.1) is 12.8 Å². The van der Waals surface area contributed by atoms with E-state index in [4.69, 9.17) is 4.74 Å². The molecule has 0 saturated heterocycles. The van der Waals surface area contributed by atoms with Crippen LogP contribution in [0.5, 0.6) is 5.75 Å². The zero-order chi connectivity index (χ0) is 13.8. The van der Waals surface area contributed by atoms with Gasteiger partial charge in [-0.1, -0.05) is 12.1 Å². The number of nitrogens with one attached hydrogen (secondary N) is 1. The van der Waals surface area contributed by atoms with Crippen LogP contribution in [-0.4, -0.2) is 7.11 Å². The maximum atomic E-state index is 13.1. The van der Waals surface area contributed by atoms with Crippen molar-refractivity contribution in [2.75, 3.05) is 12.4 Å². The van der Waals surface area contributed by atoms with Gasteiger partial charge in [-0.3, -0.25) is 0 Å². The predicted octanol–water partition coefficient (Wildman–Crippen LogP) is 3.89. The first kappa shape index (κ1) is 13.3. The molecule has 2 aromatic rings. The minimum Gasteiger partial charge on any atom is -0.495 e. The monoisotopic (exact) mass is 263 g/mol. The number of hydrogen-bond donors (Lipinski definition) is 1. The fourth-order valence-corrected chi connectivity index (χ4v) is 1.79. The highest BCUT2D eigenvalue weighted by atomic mass is 19.2. The Kier molecular flexibility index (Phi) is 4.00. The lowest BCUT2D eigenvalue weighted by atomic mass is 10.2. The van der Waals surface area contributed by atoms with Crippen molar-refractivity contribution in [2.45, 2.75) is 13.5 Å². The molecule has 0 spiro atoms. The van der Waals surface area contributed by atoms with E-state index >= 15 is 0 Å². The lowest BCUT2D eigenvalue weighted by molar-refractivity contribution is 0.416. The highest BCUT2D eigenvalue weighted by molar-refractivity contribution is 5.57. The standard InChI is InChI=1S/C15H15F2NO/c1-10-3-6-14(15(7-10)19-2)18-9-11-4-5-12(16)13(17)8-11/h3-8,18H,9H2,1-2H3. The number of anilines is 1. The summed E-state index contributed by atoms with van der Waals surface area (Å²) in [5.41, 5.74) is 2.58.